The normalized spacial score (nSPS) is 11.1. The zero-order valence-electron chi connectivity index (χ0n) is 14.3. The Morgan fingerprint density at radius 1 is 1.15 bits per heavy atom. The van der Waals surface area contributed by atoms with E-state index in [2.05, 4.69) is 20.3 Å². The highest BCUT2D eigenvalue weighted by Gasteiger charge is 2.11. The molecule has 0 aliphatic heterocycles. The van der Waals surface area contributed by atoms with Crippen LogP contribution in [0.25, 0.3) is 21.9 Å². The average Bonchev–Trinajstić information content (AvgIpc) is 3.03. The third kappa shape index (κ3) is 3.36. The molecule has 4 aromatic rings. The minimum absolute atomic E-state index is 0.0975. The maximum atomic E-state index is 12.4. The van der Waals surface area contributed by atoms with Crippen LogP contribution in [0.4, 0.5) is 5.69 Å². The number of amides is 1. The van der Waals surface area contributed by atoms with Crippen molar-refractivity contribution in [3.05, 3.63) is 63.3 Å². The second-order valence-corrected chi connectivity index (χ2v) is 6.89. The molecule has 0 fully saturated rings. The fourth-order valence-corrected chi connectivity index (χ4v) is 3.54. The Morgan fingerprint density at radius 3 is 2.78 bits per heavy atom. The van der Waals surface area contributed by atoms with Gasteiger partial charge in [-0.05, 0) is 30.3 Å². The van der Waals surface area contributed by atoms with Crippen molar-refractivity contribution in [2.75, 3.05) is 11.1 Å². The van der Waals surface area contributed by atoms with E-state index in [-0.39, 0.29) is 22.9 Å². The molecule has 0 spiro atoms. The third-order valence-corrected chi connectivity index (χ3v) is 5.10. The van der Waals surface area contributed by atoms with Gasteiger partial charge in [-0.15, -0.1) is 0 Å². The molecule has 136 valence electrons. The number of rotatable bonds is 4. The zero-order valence-corrected chi connectivity index (χ0v) is 15.1. The quantitative estimate of drug-likeness (QED) is 0.369. The van der Waals surface area contributed by atoms with Crippen molar-refractivity contribution in [1.29, 1.82) is 0 Å². The number of aromatic amines is 2. The molecule has 3 N–H and O–H groups in total. The van der Waals surface area contributed by atoms with Crippen LogP contribution < -0.4 is 16.6 Å². The fraction of sp³-hybridized carbons (Fsp3) is 0.111. The molecule has 0 radical (unpaired) electrons. The monoisotopic (exact) mass is 381 g/mol. The number of imidazole rings is 1. The largest absolute Gasteiger partial charge is 0.325 e. The number of carbonyl (C=O) groups is 1. The summed E-state index contributed by atoms with van der Waals surface area (Å²) in [6, 6.07) is 12.2. The molecule has 27 heavy (non-hydrogen) atoms. The van der Waals surface area contributed by atoms with Crippen molar-refractivity contribution in [2.24, 2.45) is 7.05 Å². The van der Waals surface area contributed by atoms with Crippen LogP contribution in [0.5, 0.6) is 0 Å². The van der Waals surface area contributed by atoms with Crippen molar-refractivity contribution in [3.8, 4) is 0 Å². The van der Waals surface area contributed by atoms with Crippen molar-refractivity contribution in [1.82, 2.24) is 19.5 Å². The molecule has 0 saturated heterocycles. The van der Waals surface area contributed by atoms with E-state index in [1.54, 1.807) is 43.4 Å². The zero-order chi connectivity index (χ0) is 19.0. The average molecular weight is 381 g/mol. The van der Waals surface area contributed by atoms with Gasteiger partial charge >= 0.3 is 5.69 Å². The van der Waals surface area contributed by atoms with Crippen LogP contribution in [0.1, 0.15) is 0 Å². The predicted octanol–water partition coefficient (Wildman–Crippen LogP) is 1.83. The summed E-state index contributed by atoms with van der Waals surface area (Å²) in [4.78, 5) is 45.7. The summed E-state index contributed by atoms with van der Waals surface area (Å²) in [5.41, 5.74) is 2.01. The number of anilines is 1. The van der Waals surface area contributed by atoms with E-state index < -0.39 is 0 Å². The van der Waals surface area contributed by atoms with Crippen molar-refractivity contribution < 1.29 is 4.79 Å². The summed E-state index contributed by atoms with van der Waals surface area (Å²) in [5, 5.41) is 3.79. The molecule has 0 saturated carbocycles. The molecule has 0 aliphatic rings. The van der Waals surface area contributed by atoms with Gasteiger partial charge in [-0.3, -0.25) is 14.2 Å². The number of hydrogen-bond acceptors (Lipinski definition) is 5. The summed E-state index contributed by atoms with van der Waals surface area (Å²) in [6.45, 7) is 0. The summed E-state index contributed by atoms with van der Waals surface area (Å²) in [6.07, 6.45) is 0. The minimum atomic E-state index is -0.299. The van der Waals surface area contributed by atoms with Gasteiger partial charge in [0.25, 0.3) is 5.56 Å². The van der Waals surface area contributed by atoms with E-state index in [0.29, 0.717) is 32.8 Å². The smallest absolute Gasteiger partial charge is 0.323 e. The van der Waals surface area contributed by atoms with Gasteiger partial charge < -0.3 is 15.3 Å². The standard InChI is InChI=1S/C18H15N5O3S/c1-23-16(25)11-4-2-3-5-12(11)22-18(23)27-9-15(24)19-10-6-7-13-14(8-10)21-17(26)20-13/h2-8H,9H2,1H3,(H,19,24)(H2,20,21,26). The first-order valence-electron chi connectivity index (χ1n) is 8.12. The Labute approximate surface area is 156 Å². The van der Waals surface area contributed by atoms with Crippen LogP contribution in [0.15, 0.2) is 57.2 Å². The summed E-state index contributed by atoms with van der Waals surface area (Å²) in [5.74, 6) is -0.139. The maximum absolute atomic E-state index is 12.4. The highest BCUT2D eigenvalue weighted by atomic mass is 32.2. The van der Waals surface area contributed by atoms with Crippen LogP contribution in [-0.2, 0) is 11.8 Å². The summed E-state index contributed by atoms with van der Waals surface area (Å²) < 4.78 is 1.44. The van der Waals surface area contributed by atoms with Gasteiger partial charge in [-0.25, -0.2) is 9.78 Å². The topological polar surface area (TPSA) is 113 Å². The van der Waals surface area contributed by atoms with E-state index in [0.717, 1.165) is 0 Å². The lowest BCUT2D eigenvalue weighted by molar-refractivity contribution is -0.113. The van der Waals surface area contributed by atoms with Crippen LogP contribution in [0.3, 0.4) is 0 Å². The highest BCUT2D eigenvalue weighted by molar-refractivity contribution is 7.99. The van der Waals surface area contributed by atoms with Gasteiger partial charge in [-0.1, -0.05) is 23.9 Å². The summed E-state index contributed by atoms with van der Waals surface area (Å²) in [7, 11) is 1.64. The SMILES string of the molecule is Cn1c(SCC(=O)Nc2ccc3[nH]c(=O)[nH]c3c2)nc2ccccc2c1=O. The Bertz CT molecular complexity index is 1290. The number of benzene rings is 2. The minimum Gasteiger partial charge on any atom is -0.325 e. The van der Waals surface area contributed by atoms with Gasteiger partial charge in [0.2, 0.25) is 5.91 Å². The van der Waals surface area contributed by atoms with Crippen LogP contribution in [-0.4, -0.2) is 31.2 Å². The lowest BCUT2D eigenvalue weighted by Crippen LogP contribution is -2.21. The molecular weight excluding hydrogens is 366 g/mol. The Kier molecular flexibility index (Phi) is 4.28. The van der Waals surface area contributed by atoms with E-state index in [1.807, 2.05) is 6.07 Å². The molecule has 0 unspecified atom stereocenters. The van der Waals surface area contributed by atoms with Crippen molar-refractivity contribution in [3.63, 3.8) is 0 Å². The number of aromatic nitrogens is 4. The molecule has 0 bridgehead atoms. The van der Waals surface area contributed by atoms with Gasteiger partial charge in [0.05, 0.1) is 27.7 Å². The molecular formula is C18H15N5O3S. The number of hydrogen-bond donors (Lipinski definition) is 3. The van der Waals surface area contributed by atoms with Crippen molar-refractivity contribution >= 4 is 45.3 Å². The molecule has 0 aliphatic carbocycles. The lowest BCUT2D eigenvalue weighted by atomic mass is 10.2. The number of carbonyl (C=O) groups excluding carboxylic acids is 1. The molecule has 9 heteroatoms. The van der Waals surface area contributed by atoms with Crippen LogP contribution >= 0.6 is 11.8 Å². The number of thioether (sulfide) groups is 1. The van der Waals surface area contributed by atoms with Crippen LogP contribution in [0.2, 0.25) is 0 Å². The second-order valence-electron chi connectivity index (χ2n) is 5.95. The van der Waals surface area contributed by atoms with E-state index in [1.165, 1.54) is 16.3 Å². The molecule has 2 aromatic carbocycles. The first-order chi connectivity index (χ1) is 13.0. The molecule has 2 aromatic heterocycles. The molecule has 4 rings (SSSR count). The van der Waals surface area contributed by atoms with Gasteiger partial charge in [-0.2, -0.15) is 0 Å². The Morgan fingerprint density at radius 2 is 1.93 bits per heavy atom. The Balaban J connectivity index is 1.50. The van der Waals surface area contributed by atoms with E-state index >= 15 is 0 Å². The van der Waals surface area contributed by atoms with Gasteiger partial charge in [0, 0.05) is 12.7 Å². The number of H-pyrrole nitrogens is 2. The van der Waals surface area contributed by atoms with Gasteiger partial charge in [0.15, 0.2) is 5.16 Å². The number of nitrogens with zero attached hydrogens (tertiary/aromatic N) is 2. The lowest BCUT2D eigenvalue weighted by Gasteiger charge is -2.09. The molecule has 2 heterocycles. The molecule has 1 amide bonds. The first-order valence-corrected chi connectivity index (χ1v) is 9.10. The number of nitrogens with one attached hydrogen (secondary N) is 3. The molecule has 0 atom stereocenters. The number of para-hydroxylation sites is 1. The van der Waals surface area contributed by atoms with Gasteiger partial charge in [0.1, 0.15) is 0 Å². The van der Waals surface area contributed by atoms with Crippen LogP contribution in [0, 0.1) is 0 Å². The summed E-state index contributed by atoms with van der Waals surface area (Å²) >= 11 is 1.19. The highest BCUT2D eigenvalue weighted by Crippen LogP contribution is 2.18. The fourth-order valence-electron chi connectivity index (χ4n) is 2.76. The van der Waals surface area contributed by atoms with E-state index in [9.17, 15) is 14.4 Å². The van der Waals surface area contributed by atoms with E-state index in [4.69, 9.17) is 0 Å². The van der Waals surface area contributed by atoms with Crippen molar-refractivity contribution in [2.45, 2.75) is 5.16 Å². The second kappa shape index (κ2) is 6.76. The maximum Gasteiger partial charge on any atom is 0.323 e. The predicted molar refractivity (Wildman–Crippen MR) is 105 cm³/mol. The third-order valence-electron chi connectivity index (χ3n) is 4.07. The first kappa shape index (κ1) is 17.1. The number of fused-ring (bicyclic) bond motifs is 2. The molecule has 8 nitrogen and oxygen atoms in total. The Hall–Kier alpha value is -3.33.